The van der Waals surface area contributed by atoms with Crippen LogP contribution in [0.15, 0.2) is 48.7 Å². The highest BCUT2D eigenvalue weighted by Gasteiger charge is 2.09. The molecular formula is C16H11Cl3N2S. The van der Waals surface area contributed by atoms with Gasteiger partial charge in [-0.1, -0.05) is 40.9 Å². The average molecular weight is 370 g/mol. The summed E-state index contributed by atoms with van der Waals surface area (Å²) in [6.45, 7) is 0. The third-order valence-corrected chi connectivity index (χ3v) is 4.93. The van der Waals surface area contributed by atoms with Gasteiger partial charge in [-0.25, -0.2) is 4.98 Å². The summed E-state index contributed by atoms with van der Waals surface area (Å²) in [6.07, 6.45) is 2.50. The van der Waals surface area contributed by atoms with Crippen molar-refractivity contribution in [2.75, 3.05) is 5.32 Å². The van der Waals surface area contributed by atoms with Crippen LogP contribution in [0.1, 0.15) is 10.4 Å². The molecule has 0 aliphatic rings. The zero-order valence-corrected chi connectivity index (χ0v) is 14.4. The van der Waals surface area contributed by atoms with Gasteiger partial charge in [0.15, 0.2) is 5.13 Å². The zero-order chi connectivity index (χ0) is 15.5. The summed E-state index contributed by atoms with van der Waals surface area (Å²) < 4.78 is 0. The molecule has 0 fully saturated rings. The summed E-state index contributed by atoms with van der Waals surface area (Å²) in [4.78, 5) is 5.47. The van der Waals surface area contributed by atoms with E-state index in [0.717, 1.165) is 21.3 Å². The minimum atomic E-state index is 0.665. The lowest BCUT2D eigenvalue weighted by atomic mass is 10.1. The quantitative estimate of drug-likeness (QED) is 0.572. The Kier molecular flexibility index (Phi) is 4.89. The molecular weight excluding hydrogens is 359 g/mol. The first-order chi connectivity index (χ1) is 10.6. The van der Waals surface area contributed by atoms with Crippen LogP contribution in [-0.4, -0.2) is 4.98 Å². The molecule has 0 bridgehead atoms. The second-order valence-electron chi connectivity index (χ2n) is 4.64. The minimum Gasteiger partial charge on any atom is -0.332 e. The van der Waals surface area contributed by atoms with Crippen LogP contribution in [0.3, 0.4) is 0 Å². The topological polar surface area (TPSA) is 24.9 Å². The van der Waals surface area contributed by atoms with Crippen LogP contribution < -0.4 is 5.32 Å². The van der Waals surface area contributed by atoms with Gasteiger partial charge in [-0.15, -0.1) is 11.3 Å². The molecule has 0 atom stereocenters. The monoisotopic (exact) mass is 368 g/mol. The molecule has 0 aliphatic heterocycles. The smallest absolute Gasteiger partial charge is 0.187 e. The molecule has 0 amide bonds. The van der Waals surface area contributed by atoms with E-state index in [4.69, 9.17) is 34.8 Å². The van der Waals surface area contributed by atoms with Gasteiger partial charge in [0.2, 0.25) is 0 Å². The lowest BCUT2D eigenvalue weighted by Crippen LogP contribution is -1.88. The fraction of sp³-hybridized carbons (Fsp3) is 0.0625. The number of benzene rings is 2. The first-order valence-corrected chi connectivity index (χ1v) is 8.47. The summed E-state index contributed by atoms with van der Waals surface area (Å²) in [5, 5.41) is 6.12. The van der Waals surface area contributed by atoms with E-state index in [-0.39, 0.29) is 0 Å². The number of aromatic nitrogens is 1. The van der Waals surface area contributed by atoms with Gasteiger partial charge >= 0.3 is 0 Å². The van der Waals surface area contributed by atoms with Crippen LogP contribution in [0.4, 0.5) is 10.8 Å². The molecule has 0 saturated carbocycles. The van der Waals surface area contributed by atoms with E-state index in [1.807, 2.05) is 48.7 Å². The van der Waals surface area contributed by atoms with Crippen molar-refractivity contribution in [3.05, 3.63) is 74.2 Å². The highest BCUT2D eigenvalue weighted by Crippen LogP contribution is 2.30. The molecule has 0 aliphatic carbocycles. The van der Waals surface area contributed by atoms with Gasteiger partial charge in [0.05, 0.1) is 0 Å². The average Bonchev–Trinajstić information content (AvgIpc) is 2.93. The Balaban J connectivity index is 1.75. The zero-order valence-electron chi connectivity index (χ0n) is 11.3. The van der Waals surface area contributed by atoms with Gasteiger partial charge in [-0.3, -0.25) is 0 Å². The van der Waals surface area contributed by atoms with Crippen molar-refractivity contribution in [3.63, 3.8) is 0 Å². The van der Waals surface area contributed by atoms with Gasteiger partial charge in [0, 0.05) is 38.3 Å². The lowest BCUT2D eigenvalue weighted by molar-refractivity contribution is 1.22. The first kappa shape index (κ1) is 15.6. The van der Waals surface area contributed by atoms with Crippen molar-refractivity contribution in [2.24, 2.45) is 0 Å². The van der Waals surface area contributed by atoms with E-state index in [1.165, 1.54) is 0 Å². The molecule has 2 aromatic carbocycles. The summed E-state index contributed by atoms with van der Waals surface area (Å²) >= 11 is 19.8. The van der Waals surface area contributed by atoms with Crippen LogP contribution in [0.25, 0.3) is 0 Å². The third-order valence-electron chi connectivity index (χ3n) is 3.06. The number of hydrogen-bond acceptors (Lipinski definition) is 3. The van der Waals surface area contributed by atoms with Gasteiger partial charge in [0.25, 0.3) is 0 Å². The number of anilines is 2. The second kappa shape index (κ2) is 6.88. The van der Waals surface area contributed by atoms with Crippen molar-refractivity contribution >= 4 is 57.0 Å². The molecule has 3 aromatic rings. The van der Waals surface area contributed by atoms with Gasteiger partial charge in [-0.2, -0.15) is 0 Å². The molecule has 0 saturated heterocycles. The van der Waals surface area contributed by atoms with Gasteiger partial charge in [0.1, 0.15) is 0 Å². The molecule has 0 radical (unpaired) electrons. The van der Waals surface area contributed by atoms with Crippen LogP contribution in [-0.2, 0) is 6.42 Å². The molecule has 22 heavy (non-hydrogen) atoms. The normalized spacial score (nSPS) is 10.7. The van der Waals surface area contributed by atoms with E-state index >= 15 is 0 Å². The molecule has 0 unspecified atom stereocenters. The van der Waals surface area contributed by atoms with Crippen molar-refractivity contribution in [2.45, 2.75) is 6.42 Å². The predicted molar refractivity (Wildman–Crippen MR) is 96.1 cm³/mol. The Morgan fingerprint density at radius 2 is 1.64 bits per heavy atom. The van der Waals surface area contributed by atoms with Crippen molar-refractivity contribution < 1.29 is 0 Å². The highest BCUT2D eigenvalue weighted by atomic mass is 35.5. The maximum Gasteiger partial charge on any atom is 0.187 e. The van der Waals surface area contributed by atoms with E-state index in [2.05, 4.69) is 10.3 Å². The number of hydrogen-bond donors (Lipinski definition) is 1. The summed E-state index contributed by atoms with van der Waals surface area (Å²) in [6, 6.07) is 13.0. The molecule has 0 spiro atoms. The fourth-order valence-corrected chi connectivity index (χ4v) is 3.48. The van der Waals surface area contributed by atoms with E-state index in [0.29, 0.717) is 21.5 Å². The Morgan fingerprint density at radius 3 is 2.32 bits per heavy atom. The second-order valence-corrected chi connectivity index (χ2v) is 7.01. The van der Waals surface area contributed by atoms with Crippen LogP contribution in [0.5, 0.6) is 0 Å². The molecule has 112 valence electrons. The molecule has 1 N–H and O–H groups in total. The Labute approximate surface area is 147 Å². The minimum absolute atomic E-state index is 0.665. The van der Waals surface area contributed by atoms with Crippen LogP contribution in [0.2, 0.25) is 15.1 Å². The number of halogens is 3. The largest absolute Gasteiger partial charge is 0.332 e. The SMILES string of the molecule is Clc1ccc(Nc2ncc(Cc3c(Cl)cccc3Cl)s2)cc1. The number of rotatable bonds is 4. The third kappa shape index (κ3) is 3.73. The predicted octanol–water partition coefficient (Wildman–Crippen LogP) is 6.44. The first-order valence-electron chi connectivity index (χ1n) is 6.52. The van der Waals surface area contributed by atoms with Gasteiger partial charge < -0.3 is 5.32 Å². The fourth-order valence-electron chi connectivity index (χ4n) is 1.98. The van der Waals surface area contributed by atoms with E-state index < -0.39 is 0 Å². The Bertz CT molecular complexity index is 764. The van der Waals surface area contributed by atoms with E-state index in [1.54, 1.807) is 11.3 Å². The molecule has 2 nitrogen and oxygen atoms in total. The number of nitrogens with zero attached hydrogens (tertiary/aromatic N) is 1. The molecule has 6 heteroatoms. The van der Waals surface area contributed by atoms with E-state index in [9.17, 15) is 0 Å². The van der Waals surface area contributed by atoms with Crippen LogP contribution in [0, 0.1) is 0 Å². The molecule has 1 heterocycles. The Morgan fingerprint density at radius 1 is 0.955 bits per heavy atom. The van der Waals surface area contributed by atoms with Crippen molar-refractivity contribution in [3.8, 4) is 0 Å². The molecule has 1 aromatic heterocycles. The molecule has 3 rings (SSSR count). The van der Waals surface area contributed by atoms with Crippen LogP contribution >= 0.6 is 46.1 Å². The van der Waals surface area contributed by atoms with Crippen molar-refractivity contribution in [1.29, 1.82) is 0 Å². The Hall–Kier alpha value is -1.26. The van der Waals surface area contributed by atoms with Crippen molar-refractivity contribution in [1.82, 2.24) is 4.98 Å². The standard InChI is InChI=1S/C16H11Cl3N2S/c17-10-4-6-11(7-5-10)21-16-20-9-12(22-16)8-13-14(18)2-1-3-15(13)19/h1-7,9H,8H2,(H,20,21). The summed E-state index contributed by atoms with van der Waals surface area (Å²) in [7, 11) is 0. The summed E-state index contributed by atoms with van der Waals surface area (Å²) in [5.74, 6) is 0. The van der Waals surface area contributed by atoms with Gasteiger partial charge in [-0.05, 0) is 42.0 Å². The lowest BCUT2D eigenvalue weighted by Gasteiger charge is -2.04. The summed E-state index contributed by atoms with van der Waals surface area (Å²) in [5.41, 5.74) is 1.87. The number of thiazole rings is 1. The highest BCUT2D eigenvalue weighted by molar-refractivity contribution is 7.15. The number of nitrogens with one attached hydrogen (secondary N) is 1. The maximum absolute atomic E-state index is 6.20. The maximum atomic E-state index is 6.20.